The highest BCUT2D eigenvalue weighted by atomic mass is 32.2. The van der Waals surface area contributed by atoms with Crippen LogP contribution in [-0.2, 0) is 10.0 Å². The number of benzene rings is 2. The molecule has 0 amide bonds. The standard InChI is InChI=1S/C16H12F2N2O4S/c1-9-2-4-10(5-3-9)20-14(8-24-16(20)21)11-6-13(18)15(7-12(11)17)25(19,22)23/h2-8H,1H3,(H2,19,22,23). The first kappa shape index (κ1) is 17.1. The van der Waals surface area contributed by atoms with Gasteiger partial charge in [0.15, 0.2) is 0 Å². The molecule has 3 aromatic rings. The lowest BCUT2D eigenvalue weighted by molar-refractivity contribution is 0.504. The molecule has 0 fully saturated rings. The minimum atomic E-state index is -4.42. The number of aromatic nitrogens is 1. The van der Waals surface area contributed by atoms with Gasteiger partial charge >= 0.3 is 5.76 Å². The van der Waals surface area contributed by atoms with Crippen LogP contribution in [0.25, 0.3) is 16.9 Å². The van der Waals surface area contributed by atoms with E-state index < -0.39 is 32.3 Å². The molecular weight excluding hydrogens is 354 g/mol. The first-order chi connectivity index (χ1) is 11.7. The maximum absolute atomic E-state index is 14.4. The Morgan fingerprint density at radius 1 is 1.08 bits per heavy atom. The summed E-state index contributed by atoms with van der Waals surface area (Å²) in [5.41, 5.74) is 0.925. The minimum Gasteiger partial charge on any atom is -0.415 e. The molecule has 0 atom stereocenters. The zero-order chi connectivity index (χ0) is 18.4. The van der Waals surface area contributed by atoms with E-state index >= 15 is 0 Å². The molecule has 0 saturated carbocycles. The molecule has 0 spiro atoms. The molecule has 0 aliphatic rings. The quantitative estimate of drug-likeness (QED) is 0.770. The molecule has 3 rings (SSSR count). The van der Waals surface area contributed by atoms with Crippen LogP contribution in [0.1, 0.15) is 5.56 Å². The van der Waals surface area contributed by atoms with Crippen molar-refractivity contribution in [3.05, 3.63) is 70.4 Å². The lowest BCUT2D eigenvalue weighted by Gasteiger charge is -2.09. The van der Waals surface area contributed by atoms with E-state index in [1.807, 2.05) is 6.92 Å². The second kappa shape index (κ2) is 5.94. The zero-order valence-corrected chi connectivity index (χ0v) is 13.7. The summed E-state index contributed by atoms with van der Waals surface area (Å²) in [6.07, 6.45) is 0.969. The van der Waals surface area contributed by atoms with Crippen molar-refractivity contribution in [3.63, 3.8) is 0 Å². The average molecular weight is 366 g/mol. The molecule has 2 aromatic carbocycles. The molecule has 130 valence electrons. The molecule has 0 unspecified atom stereocenters. The van der Waals surface area contributed by atoms with Crippen molar-refractivity contribution in [1.29, 1.82) is 0 Å². The van der Waals surface area contributed by atoms with Gasteiger partial charge in [-0.05, 0) is 31.2 Å². The van der Waals surface area contributed by atoms with Crippen LogP contribution in [-0.4, -0.2) is 13.0 Å². The Morgan fingerprint density at radius 3 is 2.32 bits per heavy atom. The number of halogens is 2. The minimum absolute atomic E-state index is 0.0637. The van der Waals surface area contributed by atoms with Crippen LogP contribution in [0.15, 0.2) is 56.8 Å². The summed E-state index contributed by atoms with van der Waals surface area (Å²) in [7, 11) is -4.42. The van der Waals surface area contributed by atoms with E-state index in [2.05, 4.69) is 0 Å². The second-order valence-corrected chi connectivity index (χ2v) is 6.90. The normalized spacial score (nSPS) is 11.7. The lowest BCUT2D eigenvalue weighted by Crippen LogP contribution is -2.16. The fraction of sp³-hybridized carbons (Fsp3) is 0.0625. The number of sulfonamides is 1. The summed E-state index contributed by atoms with van der Waals surface area (Å²) < 4.78 is 56.8. The maximum Gasteiger partial charge on any atom is 0.424 e. The molecule has 0 saturated heterocycles. The third kappa shape index (κ3) is 3.11. The van der Waals surface area contributed by atoms with Crippen LogP contribution in [0.4, 0.5) is 8.78 Å². The van der Waals surface area contributed by atoms with Gasteiger partial charge in [-0.2, -0.15) is 0 Å². The van der Waals surface area contributed by atoms with Gasteiger partial charge in [-0.1, -0.05) is 17.7 Å². The van der Waals surface area contributed by atoms with Crippen LogP contribution in [0.5, 0.6) is 0 Å². The molecule has 25 heavy (non-hydrogen) atoms. The predicted molar refractivity (Wildman–Crippen MR) is 85.8 cm³/mol. The van der Waals surface area contributed by atoms with E-state index in [1.54, 1.807) is 24.3 Å². The Balaban J connectivity index is 2.24. The Labute approximate surface area is 141 Å². The van der Waals surface area contributed by atoms with E-state index in [9.17, 15) is 22.0 Å². The first-order valence-corrected chi connectivity index (χ1v) is 8.53. The molecule has 0 aliphatic carbocycles. The Hall–Kier alpha value is -2.78. The highest BCUT2D eigenvalue weighted by Crippen LogP contribution is 2.28. The largest absolute Gasteiger partial charge is 0.424 e. The third-order valence-corrected chi connectivity index (χ3v) is 4.52. The predicted octanol–water partition coefficient (Wildman–Crippen LogP) is 2.33. The molecule has 0 aliphatic heterocycles. The average Bonchev–Trinajstić information content (AvgIpc) is 2.90. The van der Waals surface area contributed by atoms with Crippen molar-refractivity contribution in [2.24, 2.45) is 5.14 Å². The van der Waals surface area contributed by atoms with E-state index in [-0.39, 0.29) is 11.3 Å². The summed E-state index contributed by atoms with van der Waals surface area (Å²) in [4.78, 5) is 11.0. The molecule has 1 aromatic heterocycles. The lowest BCUT2D eigenvalue weighted by atomic mass is 10.1. The van der Waals surface area contributed by atoms with Crippen LogP contribution in [0, 0.1) is 18.6 Å². The zero-order valence-electron chi connectivity index (χ0n) is 12.9. The first-order valence-electron chi connectivity index (χ1n) is 6.98. The van der Waals surface area contributed by atoms with Crippen molar-refractivity contribution in [3.8, 4) is 16.9 Å². The number of oxazole rings is 1. The molecular formula is C16H12F2N2O4S. The number of nitrogens with zero attached hydrogens (tertiary/aromatic N) is 1. The third-order valence-electron chi connectivity index (χ3n) is 3.59. The second-order valence-electron chi connectivity index (χ2n) is 5.37. The van der Waals surface area contributed by atoms with Crippen LogP contribution in [0.3, 0.4) is 0 Å². The molecule has 9 heteroatoms. The van der Waals surface area contributed by atoms with Crippen molar-refractivity contribution >= 4 is 10.0 Å². The highest BCUT2D eigenvalue weighted by Gasteiger charge is 2.22. The van der Waals surface area contributed by atoms with Crippen molar-refractivity contribution < 1.29 is 21.6 Å². The van der Waals surface area contributed by atoms with Gasteiger partial charge in [0.05, 0.1) is 11.4 Å². The number of primary sulfonamides is 1. The topological polar surface area (TPSA) is 95.3 Å². The Bertz CT molecular complexity index is 1120. The number of rotatable bonds is 3. The maximum atomic E-state index is 14.4. The summed E-state index contributed by atoms with van der Waals surface area (Å²) in [6, 6.07) is 7.83. The van der Waals surface area contributed by atoms with E-state index in [4.69, 9.17) is 9.56 Å². The van der Waals surface area contributed by atoms with Crippen molar-refractivity contribution in [2.45, 2.75) is 11.8 Å². The summed E-state index contributed by atoms with van der Waals surface area (Å²) in [6.45, 7) is 1.85. The summed E-state index contributed by atoms with van der Waals surface area (Å²) >= 11 is 0. The van der Waals surface area contributed by atoms with E-state index in [0.717, 1.165) is 16.4 Å². The van der Waals surface area contributed by atoms with Crippen LogP contribution in [0.2, 0.25) is 0 Å². The molecule has 0 bridgehead atoms. The fourth-order valence-electron chi connectivity index (χ4n) is 2.38. The van der Waals surface area contributed by atoms with Gasteiger partial charge in [0.1, 0.15) is 22.8 Å². The van der Waals surface area contributed by atoms with Crippen LogP contribution < -0.4 is 10.9 Å². The van der Waals surface area contributed by atoms with Gasteiger partial charge in [0.25, 0.3) is 0 Å². The van der Waals surface area contributed by atoms with Gasteiger partial charge in [-0.25, -0.2) is 31.7 Å². The van der Waals surface area contributed by atoms with Crippen LogP contribution >= 0.6 is 0 Å². The van der Waals surface area contributed by atoms with E-state index in [1.165, 1.54) is 0 Å². The van der Waals surface area contributed by atoms with Gasteiger partial charge in [-0.3, -0.25) is 0 Å². The van der Waals surface area contributed by atoms with Gasteiger partial charge in [0.2, 0.25) is 10.0 Å². The fourth-order valence-corrected chi connectivity index (χ4v) is 2.97. The molecule has 6 nitrogen and oxygen atoms in total. The molecule has 0 radical (unpaired) electrons. The summed E-state index contributed by atoms with van der Waals surface area (Å²) in [5, 5.41) is 4.85. The van der Waals surface area contributed by atoms with Crippen molar-refractivity contribution in [2.75, 3.05) is 0 Å². The highest BCUT2D eigenvalue weighted by molar-refractivity contribution is 7.89. The monoisotopic (exact) mass is 366 g/mol. The van der Waals surface area contributed by atoms with Gasteiger partial charge < -0.3 is 4.42 Å². The Kier molecular flexibility index (Phi) is 4.05. The van der Waals surface area contributed by atoms with Gasteiger partial charge in [0, 0.05) is 5.56 Å². The Morgan fingerprint density at radius 2 is 1.72 bits per heavy atom. The number of aryl methyl sites for hydroxylation is 1. The molecule has 2 N–H and O–H groups in total. The van der Waals surface area contributed by atoms with Gasteiger partial charge in [-0.15, -0.1) is 0 Å². The van der Waals surface area contributed by atoms with Crippen molar-refractivity contribution in [1.82, 2.24) is 4.57 Å². The SMILES string of the molecule is Cc1ccc(-n2c(-c3cc(F)c(S(N)(=O)=O)cc3F)coc2=O)cc1. The number of hydrogen-bond donors (Lipinski definition) is 1. The van der Waals surface area contributed by atoms with E-state index in [0.29, 0.717) is 17.8 Å². The number of hydrogen-bond acceptors (Lipinski definition) is 4. The smallest absolute Gasteiger partial charge is 0.415 e. The summed E-state index contributed by atoms with van der Waals surface area (Å²) in [5.74, 6) is -3.09. The number of nitrogens with two attached hydrogens (primary N) is 1. The molecule has 1 heterocycles.